The molecule has 0 aromatic heterocycles. The summed E-state index contributed by atoms with van der Waals surface area (Å²) < 4.78 is 5.44. The zero-order valence-electron chi connectivity index (χ0n) is 9.75. The molecule has 0 bridgehead atoms. The van der Waals surface area contributed by atoms with E-state index in [-0.39, 0.29) is 0 Å². The van der Waals surface area contributed by atoms with E-state index in [9.17, 15) is 0 Å². The van der Waals surface area contributed by atoms with Gasteiger partial charge in [-0.25, -0.2) is 0 Å². The van der Waals surface area contributed by atoms with Gasteiger partial charge in [0, 0.05) is 25.1 Å². The molecule has 1 fully saturated rings. The molecule has 2 unspecified atom stereocenters. The third-order valence-corrected chi connectivity index (χ3v) is 3.36. The van der Waals surface area contributed by atoms with Crippen LogP contribution in [0.3, 0.4) is 0 Å². The maximum absolute atomic E-state index is 5.44. The summed E-state index contributed by atoms with van der Waals surface area (Å²) in [6.07, 6.45) is 6.83. The fourth-order valence-corrected chi connectivity index (χ4v) is 2.26. The van der Waals surface area contributed by atoms with Gasteiger partial charge in [-0.05, 0) is 30.9 Å². The number of ether oxygens (including phenoxy) is 1. The Balaban J connectivity index is 1.74. The molecule has 84 valence electrons. The molecule has 1 aliphatic heterocycles. The molecule has 0 aromatic rings. The standard InChI is InChI=1S/C13H21NO/c1-3-5-12-10(2)13(12)8-14-11-6-4-7-15-9-11/h3,5,10-11,14H,4,6-9H2,1-2H3. The van der Waals surface area contributed by atoms with Gasteiger partial charge in [-0.2, -0.15) is 0 Å². The fourth-order valence-electron chi connectivity index (χ4n) is 2.26. The Morgan fingerprint density at radius 3 is 3.07 bits per heavy atom. The van der Waals surface area contributed by atoms with Gasteiger partial charge in [-0.15, -0.1) is 0 Å². The zero-order valence-corrected chi connectivity index (χ0v) is 9.75. The van der Waals surface area contributed by atoms with E-state index in [0.717, 1.165) is 19.8 Å². The molecule has 1 aliphatic carbocycles. The van der Waals surface area contributed by atoms with Crippen molar-refractivity contribution < 1.29 is 4.74 Å². The van der Waals surface area contributed by atoms with Crippen LogP contribution in [0, 0.1) is 5.92 Å². The fraction of sp³-hybridized carbons (Fsp3) is 0.692. The molecule has 0 radical (unpaired) electrons. The van der Waals surface area contributed by atoms with Crippen LogP contribution in [0.15, 0.2) is 23.3 Å². The monoisotopic (exact) mass is 207 g/mol. The third kappa shape index (κ3) is 2.70. The lowest BCUT2D eigenvalue weighted by molar-refractivity contribution is 0.0715. The highest BCUT2D eigenvalue weighted by Gasteiger charge is 2.29. The van der Waals surface area contributed by atoms with Crippen molar-refractivity contribution in [3.05, 3.63) is 23.3 Å². The SMILES string of the molecule is CC=CC1=C(CNC2CCCOC2)C1C. The van der Waals surface area contributed by atoms with E-state index in [1.165, 1.54) is 18.4 Å². The maximum Gasteiger partial charge on any atom is 0.0619 e. The van der Waals surface area contributed by atoms with Gasteiger partial charge in [0.15, 0.2) is 0 Å². The Morgan fingerprint density at radius 1 is 1.53 bits per heavy atom. The summed E-state index contributed by atoms with van der Waals surface area (Å²) in [6.45, 7) is 7.25. The molecule has 0 saturated carbocycles. The van der Waals surface area contributed by atoms with Crippen molar-refractivity contribution in [1.29, 1.82) is 0 Å². The number of hydrogen-bond donors (Lipinski definition) is 1. The van der Waals surface area contributed by atoms with Gasteiger partial charge in [-0.3, -0.25) is 0 Å². The predicted octanol–water partition coefficient (Wildman–Crippen LogP) is 2.28. The van der Waals surface area contributed by atoms with E-state index in [1.54, 1.807) is 5.57 Å². The third-order valence-electron chi connectivity index (χ3n) is 3.36. The average Bonchev–Trinajstić information content (AvgIpc) is 2.88. The Labute approximate surface area is 92.4 Å². The highest BCUT2D eigenvalue weighted by atomic mass is 16.5. The summed E-state index contributed by atoms with van der Waals surface area (Å²) in [6, 6.07) is 0.575. The molecule has 2 rings (SSSR count). The molecule has 1 saturated heterocycles. The van der Waals surface area contributed by atoms with Crippen LogP contribution in [0.2, 0.25) is 0 Å². The normalized spacial score (nSPS) is 31.3. The van der Waals surface area contributed by atoms with E-state index in [1.807, 2.05) is 0 Å². The number of rotatable bonds is 4. The minimum absolute atomic E-state index is 0.575. The highest BCUT2D eigenvalue weighted by molar-refractivity contribution is 5.48. The first-order valence-electron chi connectivity index (χ1n) is 5.99. The van der Waals surface area contributed by atoms with Crippen LogP contribution in [-0.4, -0.2) is 25.8 Å². The largest absolute Gasteiger partial charge is 0.380 e. The second-order valence-corrected chi connectivity index (χ2v) is 4.50. The molecular weight excluding hydrogens is 186 g/mol. The van der Waals surface area contributed by atoms with E-state index < -0.39 is 0 Å². The van der Waals surface area contributed by atoms with Crippen molar-refractivity contribution in [2.24, 2.45) is 5.92 Å². The van der Waals surface area contributed by atoms with Crippen molar-refractivity contribution in [2.75, 3.05) is 19.8 Å². The summed E-state index contributed by atoms with van der Waals surface area (Å²) in [4.78, 5) is 0. The van der Waals surface area contributed by atoms with Crippen LogP contribution in [-0.2, 0) is 4.74 Å². The zero-order chi connectivity index (χ0) is 10.7. The van der Waals surface area contributed by atoms with Crippen LogP contribution >= 0.6 is 0 Å². The second-order valence-electron chi connectivity index (χ2n) is 4.50. The molecule has 0 amide bonds. The van der Waals surface area contributed by atoms with Gasteiger partial charge < -0.3 is 10.1 Å². The second kappa shape index (κ2) is 4.95. The van der Waals surface area contributed by atoms with Crippen molar-refractivity contribution in [1.82, 2.24) is 5.32 Å². The first kappa shape index (κ1) is 10.9. The van der Waals surface area contributed by atoms with Crippen molar-refractivity contribution in [2.45, 2.75) is 32.7 Å². The van der Waals surface area contributed by atoms with Gasteiger partial charge in [0.1, 0.15) is 0 Å². The van der Waals surface area contributed by atoms with E-state index >= 15 is 0 Å². The van der Waals surface area contributed by atoms with Gasteiger partial charge in [0.25, 0.3) is 0 Å². The Morgan fingerprint density at radius 2 is 2.40 bits per heavy atom. The van der Waals surface area contributed by atoms with Crippen molar-refractivity contribution >= 4 is 0 Å². The molecule has 0 spiro atoms. The first-order chi connectivity index (χ1) is 7.33. The van der Waals surface area contributed by atoms with E-state index in [4.69, 9.17) is 4.74 Å². The molecule has 15 heavy (non-hydrogen) atoms. The van der Waals surface area contributed by atoms with Crippen molar-refractivity contribution in [3.8, 4) is 0 Å². The number of hydrogen-bond acceptors (Lipinski definition) is 2. The molecule has 1 heterocycles. The molecule has 1 N–H and O–H groups in total. The van der Waals surface area contributed by atoms with E-state index in [0.29, 0.717) is 12.0 Å². The summed E-state index contributed by atoms with van der Waals surface area (Å²) in [7, 11) is 0. The van der Waals surface area contributed by atoms with Crippen LogP contribution in [0.1, 0.15) is 26.7 Å². The molecule has 2 aliphatic rings. The van der Waals surface area contributed by atoms with Crippen LogP contribution in [0.25, 0.3) is 0 Å². The van der Waals surface area contributed by atoms with Gasteiger partial charge in [0.2, 0.25) is 0 Å². The van der Waals surface area contributed by atoms with Gasteiger partial charge >= 0.3 is 0 Å². The van der Waals surface area contributed by atoms with Gasteiger partial charge in [-0.1, -0.05) is 19.1 Å². The Bertz CT molecular complexity index is 274. The smallest absolute Gasteiger partial charge is 0.0619 e. The topological polar surface area (TPSA) is 21.3 Å². The van der Waals surface area contributed by atoms with Crippen LogP contribution in [0.4, 0.5) is 0 Å². The quantitative estimate of drug-likeness (QED) is 0.763. The Kier molecular flexibility index (Phi) is 3.60. The Hall–Kier alpha value is -0.600. The summed E-state index contributed by atoms with van der Waals surface area (Å²) in [5.41, 5.74) is 3.11. The minimum atomic E-state index is 0.575. The average molecular weight is 207 g/mol. The number of nitrogens with one attached hydrogen (secondary N) is 1. The predicted molar refractivity (Wildman–Crippen MR) is 62.8 cm³/mol. The molecule has 2 atom stereocenters. The minimum Gasteiger partial charge on any atom is -0.380 e. The van der Waals surface area contributed by atoms with Crippen LogP contribution in [0.5, 0.6) is 0 Å². The number of allylic oxidation sites excluding steroid dienone is 3. The van der Waals surface area contributed by atoms with Gasteiger partial charge in [0.05, 0.1) is 6.61 Å². The lowest BCUT2D eigenvalue weighted by atomic mass is 10.1. The van der Waals surface area contributed by atoms with Crippen LogP contribution < -0.4 is 5.32 Å². The summed E-state index contributed by atoms with van der Waals surface area (Å²) in [5, 5.41) is 3.59. The van der Waals surface area contributed by atoms with Crippen molar-refractivity contribution in [3.63, 3.8) is 0 Å². The molecular formula is C13H21NO. The maximum atomic E-state index is 5.44. The molecule has 2 nitrogen and oxygen atoms in total. The van der Waals surface area contributed by atoms with E-state index in [2.05, 4.69) is 31.3 Å². The molecule has 0 aromatic carbocycles. The highest BCUT2D eigenvalue weighted by Crippen LogP contribution is 2.39. The lowest BCUT2D eigenvalue weighted by Gasteiger charge is -2.22. The lowest BCUT2D eigenvalue weighted by Crippen LogP contribution is -2.37. The summed E-state index contributed by atoms with van der Waals surface area (Å²) >= 11 is 0. The first-order valence-corrected chi connectivity index (χ1v) is 5.99. The summed E-state index contributed by atoms with van der Waals surface area (Å²) in [5.74, 6) is 0.707. The molecule has 2 heteroatoms.